The third kappa shape index (κ3) is 6.90. The van der Waals surface area contributed by atoms with Crippen LogP contribution >= 0.6 is 0 Å². The van der Waals surface area contributed by atoms with Crippen LogP contribution in [0.1, 0.15) is 93.4 Å². The third-order valence-corrected chi connectivity index (χ3v) is 9.38. The van der Waals surface area contributed by atoms with Gasteiger partial charge < -0.3 is 19.6 Å². The first-order chi connectivity index (χ1) is 22.1. The first kappa shape index (κ1) is 33.0. The molecule has 2 aromatic rings. The van der Waals surface area contributed by atoms with Gasteiger partial charge in [-0.15, -0.1) is 0 Å². The fraction of sp³-hybridized carbons (Fsp3) is 0.500. The summed E-state index contributed by atoms with van der Waals surface area (Å²) in [5.74, 6) is -1.77. The van der Waals surface area contributed by atoms with E-state index in [1.807, 2.05) is 62.4 Å². The van der Waals surface area contributed by atoms with E-state index < -0.39 is 17.3 Å². The highest BCUT2D eigenvalue weighted by molar-refractivity contribution is 6.47. The highest BCUT2D eigenvalue weighted by atomic mass is 16.5. The van der Waals surface area contributed by atoms with Crippen LogP contribution in [0.2, 0.25) is 0 Å². The maximum absolute atomic E-state index is 13.0. The normalized spacial score (nSPS) is 19.9. The summed E-state index contributed by atoms with van der Waals surface area (Å²) in [5, 5.41) is 9.15. The van der Waals surface area contributed by atoms with Crippen LogP contribution in [0.4, 0.5) is 0 Å². The van der Waals surface area contributed by atoms with Crippen molar-refractivity contribution < 1.29 is 29.0 Å². The van der Waals surface area contributed by atoms with E-state index in [4.69, 9.17) is 19.8 Å². The van der Waals surface area contributed by atoms with Gasteiger partial charge in [-0.1, -0.05) is 72.5 Å². The molecule has 0 bridgehead atoms. The fourth-order valence-electron chi connectivity index (χ4n) is 6.97. The molecule has 2 aliphatic carbocycles. The maximum atomic E-state index is 13.0. The van der Waals surface area contributed by atoms with Crippen molar-refractivity contribution in [1.82, 2.24) is 9.80 Å². The second-order valence-corrected chi connectivity index (χ2v) is 12.7. The molecule has 6 rings (SSSR count). The van der Waals surface area contributed by atoms with Crippen molar-refractivity contribution in [3.05, 3.63) is 70.8 Å². The molecule has 2 heterocycles. The standard InChI is InChI=1S/C19H24N2O3.C17H20N2O3/c1-3-24-16(22)13-21-18(23)17(15-9-7-14(2)8-10-15)20-19(21)11-5-4-6-12-19;1-12-5-7-13(8-6-12)15-16(22)19(11-14(20)21)17(18-15)9-3-2-4-10-17/h7-10H,3-6,11-13H2,1-2H3;5-8H,2-4,9-11H2,1H3,(H,20,21). The summed E-state index contributed by atoms with van der Waals surface area (Å²) in [6.45, 7) is 5.79. The highest BCUT2D eigenvalue weighted by Gasteiger charge is 2.49. The summed E-state index contributed by atoms with van der Waals surface area (Å²) in [4.78, 5) is 61.5. The van der Waals surface area contributed by atoms with Crippen LogP contribution in [-0.4, -0.2) is 81.1 Å². The van der Waals surface area contributed by atoms with Crippen molar-refractivity contribution >= 4 is 35.2 Å². The average Bonchev–Trinajstić information content (AvgIpc) is 3.44. The molecule has 0 unspecified atom stereocenters. The quantitative estimate of drug-likeness (QED) is 0.419. The van der Waals surface area contributed by atoms with Crippen LogP contribution in [-0.2, 0) is 23.9 Å². The number of carbonyl (C=O) groups excluding carboxylic acids is 3. The minimum atomic E-state index is -0.987. The number of benzene rings is 2. The zero-order valence-corrected chi connectivity index (χ0v) is 27.1. The van der Waals surface area contributed by atoms with Gasteiger partial charge in [0.25, 0.3) is 11.8 Å². The van der Waals surface area contributed by atoms with Crippen molar-refractivity contribution in [3.8, 4) is 0 Å². The summed E-state index contributed by atoms with van der Waals surface area (Å²) in [7, 11) is 0. The molecule has 2 amide bonds. The zero-order valence-electron chi connectivity index (χ0n) is 27.1. The van der Waals surface area contributed by atoms with Crippen LogP contribution in [0.15, 0.2) is 58.5 Å². The SMILES string of the molecule is CCOC(=O)CN1C(=O)C(c2ccc(C)cc2)=NC12CCCCC2.Cc1ccc(C2=NC3(CCCCC3)N(CC(=O)O)C2=O)cc1. The molecule has 244 valence electrons. The second-order valence-electron chi connectivity index (χ2n) is 12.7. The van der Waals surface area contributed by atoms with Crippen LogP contribution < -0.4 is 0 Å². The van der Waals surface area contributed by atoms with E-state index in [1.54, 1.807) is 11.8 Å². The van der Waals surface area contributed by atoms with Crippen LogP contribution in [0, 0.1) is 13.8 Å². The lowest BCUT2D eigenvalue weighted by Crippen LogP contribution is -2.50. The Balaban J connectivity index is 0.000000182. The smallest absolute Gasteiger partial charge is 0.325 e. The molecule has 0 saturated heterocycles. The Bertz CT molecular complexity index is 1520. The topological polar surface area (TPSA) is 129 Å². The van der Waals surface area contributed by atoms with Gasteiger partial charge in [-0.2, -0.15) is 0 Å². The van der Waals surface area contributed by atoms with Crippen molar-refractivity contribution in [2.24, 2.45) is 9.98 Å². The first-order valence-electron chi connectivity index (χ1n) is 16.4. The summed E-state index contributed by atoms with van der Waals surface area (Å²) in [6.07, 6.45) is 9.41. The molecule has 2 fully saturated rings. The number of rotatable bonds is 7. The summed E-state index contributed by atoms with van der Waals surface area (Å²) >= 11 is 0. The average molecular weight is 629 g/mol. The lowest BCUT2D eigenvalue weighted by atomic mass is 9.88. The van der Waals surface area contributed by atoms with Gasteiger partial charge in [0.1, 0.15) is 35.8 Å². The van der Waals surface area contributed by atoms with Gasteiger partial charge in [-0.25, -0.2) is 0 Å². The molecule has 2 aromatic carbocycles. The number of ether oxygens (including phenoxy) is 1. The van der Waals surface area contributed by atoms with E-state index in [0.717, 1.165) is 86.5 Å². The van der Waals surface area contributed by atoms with Crippen molar-refractivity contribution in [2.75, 3.05) is 19.7 Å². The molecule has 10 nitrogen and oxygen atoms in total. The summed E-state index contributed by atoms with van der Waals surface area (Å²) in [5.41, 5.74) is 3.51. The summed E-state index contributed by atoms with van der Waals surface area (Å²) in [6, 6.07) is 15.5. The molecule has 0 aromatic heterocycles. The Kier molecular flexibility index (Phi) is 10.0. The number of esters is 1. The minimum Gasteiger partial charge on any atom is -0.480 e. The van der Waals surface area contributed by atoms with Crippen molar-refractivity contribution in [2.45, 2.75) is 96.3 Å². The van der Waals surface area contributed by atoms with E-state index in [-0.39, 0.29) is 30.9 Å². The predicted octanol–water partition coefficient (Wildman–Crippen LogP) is 5.22. The van der Waals surface area contributed by atoms with E-state index in [1.165, 1.54) is 4.90 Å². The molecule has 2 aliphatic heterocycles. The van der Waals surface area contributed by atoms with Gasteiger partial charge in [0.2, 0.25) is 0 Å². The third-order valence-electron chi connectivity index (χ3n) is 9.38. The lowest BCUT2D eigenvalue weighted by Gasteiger charge is -2.38. The molecule has 10 heteroatoms. The Morgan fingerprint density at radius 2 is 1.09 bits per heavy atom. The van der Waals surface area contributed by atoms with Gasteiger partial charge in [0.05, 0.1) is 6.61 Å². The number of nitrogens with zero attached hydrogens (tertiary/aromatic N) is 4. The molecule has 46 heavy (non-hydrogen) atoms. The fourth-order valence-corrected chi connectivity index (χ4v) is 6.97. The molecular weight excluding hydrogens is 584 g/mol. The largest absolute Gasteiger partial charge is 0.480 e. The van der Waals surface area contributed by atoms with Gasteiger partial charge in [-0.05, 0) is 72.1 Å². The number of carboxylic acids is 1. The number of hydrogen-bond acceptors (Lipinski definition) is 7. The van der Waals surface area contributed by atoms with Crippen LogP contribution in [0.3, 0.4) is 0 Å². The predicted molar refractivity (Wildman–Crippen MR) is 175 cm³/mol. The monoisotopic (exact) mass is 628 g/mol. The molecule has 0 radical (unpaired) electrons. The number of hydrogen-bond donors (Lipinski definition) is 1. The molecule has 1 N–H and O–H groups in total. The van der Waals surface area contributed by atoms with E-state index >= 15 is 0 Å². The highest BCUT2D eigenvalue weighted by Crippen LogP contribution is 2.40. The number of amides is 2. The number of aryl methyl sites for hydroxylation is 2. The number of carboxylic acid groups (broad SMARTS) is 1. The van der Waals surface area contributed by atoms with Gasteiger partial charge in [0.15, 0.2) is 0 Å². The number of aliphatic imine (C=N–C) groups is 2. The Morgan fingerprint density at radius 3 is 1.46 bits per heavy atom. The van der Waals surface area contributed by atoms with E-state index in [2.05, 4.69) is 0 Å². The Hall–Kier alpha value is -4.34. The van der Waals surface area contributed by atoms with E-state index in [0.29, 0.717) is 18.0 Å². The molecular formula is C36H44N4O6. The Labute approximate surface area is 270 Å². The zero-order chi connectivity index (χ0) is 32.9. The van der Waals surface area contributed by atoms with Gasteiger partial charge >= 0.3 is 11.9 Å². The van der Waals surface area contributed by atoms with Crippen LogP contribution in [0.25, 0.3) is 0 Å². The summed E-state index contributed by atoms with van der Waals surface area (Å²) < 4.78 is 5.06. The van der Waals surface area contributed by atoms with Gasteiger partial charge in [-0.3, -0.25) is 29.2 Å². The van der Waals surface area contributed by atoms with Crippen LogP contribution in [0.5, 0.6) is 0 Å². The van der Waals surface area contributed by atoms with Gasteiger partial charge in [0, 0.05) is 11.1 Å². The lowest BCUT2D eigenvalue weighted by molar-refractivity contribution is -0.150. The first-order valence-corrected chi connectivity index (χ1v) is 16.4. The minimum absolute atomic E-state index is 0.0223. The second kappa shape index (κ2) is 14.0. The molecule has 0 atom stereocenters. The number of carbonyl (C=O) groups is 4. The van der Waals surface area contributed by atoms with Crippen molar-refractivity contribution in [3.63, 3.8) is 0 Å². The Morgan fingerprint density at radius 1 is 0.696 bits per heavy atom. The molecule has 2 saturated carbocycles. The molecule has 2 spiro atoms. The van der Waals surface area contributed by atoms with Crippen molar-refractivity contribution in [1.29, 1.82) is 0 Å². The van der Waals surface area contributed by atoms with E-state index in [9.17, 15) is 19.2 Å². The maximum Gasteiger partial charge on any atom is 0.325 e. The number of aliphatic carboxylic acids is 1. The molecule has 4 aliphatic rings.